The van der Waals surface area contributed by atoms with Crippen molar-refractivity contribution in [1.82, 2.24) is 4.90 Å². The van der Waals surface area contributed by atoms with E-state index < -0.39 is 28.0 Å². The third-order valence-electron chi connectivity index (χ3n) is 3.67. The van der Waals surface area contributed by atoms with Crippen LogP contribution in [0.15, 0.2) is 0 Å². The van der Waals surface area contributed by atoms with Crippen LogP contribution in [0, 0.1) is 5.92 Å². The molecule has 2 rings (SSSR count). The van der Waals surface area contributed by atoms with Crippen molar-refractivity contribution in [2.24, 2.45) is 5.92 Å². The minimum Gasteiger partial charge on any atom is -0.480 e. The van der Waals surface area contributed by atoms with Gasteiger partial charge in [-0.05, 0) is 12.3 Å². The summed E-state index contributed by atoms with van der Waals surface area (Å²) >= 11 is 0. The van der Waals surface area contributed by atoms with Gasteiger partial charge < -0.3 is 15.1 Å². The second-order valence-electron chi connectivity index (χ2n) is 5.26. The lowest BCUT2D eigenvalue weighted by Gasteiger charge is -2.22. The number of hydrogen-bond donors (Lipinski definition) is 2. The van der Waals surface area contributed by atoms with Crippen LogP contribution in [-0.4, -0.2) is 65.6 Å². The van der Waals surface area contributed by atoms with Crippen LogP contribution in [0.4, 0.5) is 0 Å². The number of aliphatic hydroxyl groups is 1. The highest BCUT2D eigenvalue weighted by Gasteiger charge is 2.40. The van der Waals surface area contributed by atoms with E-state index in [1.165, 1.54) is 0 Å². The minimum absolute atomic E-state index is 0.00707. The summed E-state index contributed by atoms with van der Waals surface area (Å²) in [7, 11) is -3.04. The zero-order valence-electron chi connectivity index (χ0n) is 10.4. The van der Waals surface area contributed by atoms with E-state index in [0.717, 1.165) is 4.90 Å². The van der Waals surface area contributed by atoms with Crippen molar-refractivity contribution < 1.29 is 28.2 Å². The largest absolute Gasteiger partial charge is 0.480 e. The average molecular weight is 291 g/mol. The van der Waals surface area contributed by atoms with Crippen LogP contribution >= 0.6 is 0 Å². The molecule has 1 amide bonds. The van der Waals surface area contributed by atoms with Gasteiger partial charge in [0, 0.05) is 19.4 Å². The molecule has 7 nitrogen and oxygen atoms in total. The third-order valence-corrected chi connectivity index (χ3v) is 5.51. The SMILES string of the molecule is O=C(O)[C@H]1C[C@@H](O)CN1C(=O)CC1CCS(=O)(=O)C1. The molecule has 108 valence electrons. The van der Waals surface area contributed by atoms with E-state index in [4.69, 9.17) is 5.11 Å². The van der Waals surface area contributed by atoms with E-state index in [1.807, 2.05) is 0 Å². The first-order valence-electron chi connectivity index (χ1n) is 6.19. The van der Waals surface area contributed by atoms with Crippen LogP contribution in [-0.2, 0) is 19.4 Å². The maximum absolute atomic E-state index is 12.0. The number of β-amino-alcohol motifs (C(OH)–C–C–N with tert-alkyl or cyclic N) is 1. The van der Waals surface area contributed by atoms with Crippen LogP contribution in [0.25, 0.3) is 0 Å². The molecule has 0 aromatic carbocycles. The lowest BCUT2D eigenvalue weighted by molar-refractivity contribution is -0.148. The van der Waals surface area contributed by atoms with Gasteiger partial charge in [-0.15, -0.1) is 0 Å². The summed E-state index contributed by atoms with van der Waals surface area (Å²) in [5, 5.41) is 18.5. The first kappa shape index (κ1) is 14.3. The molecular weight excluding hydrogens is 274 g/mol. The van der Waals surface area contributed by atoms with E-state index in [-0.39, 0.29) is 42.7 Å². The normalized spacial score (nSPS) is 33.5. The van der Waals surface area contributed by atoms with Crippen molar-refractivity contribution >= 4 is 21.7 Å². The van der Waals surface area contributed by atoms with Crippen LogP contribution in [0.3, 0.4) is 0 Å². The molecule has 0 bridgehead atoms. The second kappa shape index (κ2) is 5.09. The van der Waals surface area contributed by atoms with Gasteiger partial charge in [-0.25, -0.2) is 13.2 Å². The van der Waals surface area contributed by atoms with E-state index in [2.05, 4.69) is 0 Å². The first-order valence-corrected chi connectivity index (χ1v) is 8.01. The van der Waals surface area contributed by atoms with Crippen molar-refractivity contribution in [3.05, 3.63) is 0 Å². The highest BCUT2D eigenvalue weighted by molar-refractivity contribution is 7.91. The average Bonchev–Trinajstić information content (AvgIpc) is 2.82. The summed E-state index contributed by atoms with van der Waals surface area (Å²) in [5.74, 6) is -1.66. The number of aliphatic hydroxyl groups excluding tert-OH is 1. The highest BCUT2D eigenvalue weighted by Crippen LogP contribution is 2.25. The monoisotopic (exact) mass is 291 g/mol. The van der Waals surface area contributed by atoms with Crippen LogP contribution in [0.1, 0.15) is 19.3 Å². The Morgan fingerprint density at radius 2 is 2.00 bits per heavy atom. The number of hydrogen-bond acceptors (Lipinski definition) is 5. The summed E-state index contributed by atoms with van der Waals surface area (Å²) in [4.78, 5) is 24.2. The van der Waals surface area contributed by atoms with Gasteiger partial charge in [0.1, 0.15) is 6.04 Å². The summed E-state index contributed by atoms with van der Waals surface area (Å²) in [6.07, 6.45) is -0.306. The van der Waals surface area contributed by atoms with Gasteiger partial charge in [0.15, 0.2) is 9.84 Å². The number of rotatable bonds is 3. The summed E-state index contributed by atoms with van der Waals surface area (Å²) in [6.45, 7) is 0.00920. The van der Waals surface area contributed by atoms with E-state index in [9.17, 15) is 23.1 Å². The predicted octanol–water partition coefficient (Wildman–Crippen LogP) is -1.14. The Morgan fingerprint density at radius 3 is 2.53 bits per heavy atom. The molecule has 19 heavy (non-hydrogen) atoms. The third kappa shape index (κ3) is 3.24. The number of carbonyl (C=O) groups excluding carboxylic acids is 1. The number of carboxylic acids is 1. The maximum Gasteiger partial charge on any atom is 0.326 e. The quantitative estimate of drug-likeness (QED) is 0.679. The van der Waals surface area contributed by atoms with Gasteiger partial charge >= 0.3 is 5.97 Å². The van der Waals surface area contributed by atoms with Crippen molar-refractivity contribution in [2.45, 2.75) is 31.4 Å². The zero-order chi connectivity index (χ0) is 14.2. The summed E-state index contributed by atoms with van der Waals surface area (Å²) in [6, 6.07) is -1.000. The number of aliphatic carboxylic acids is 1. The molecule has 2 N–H and O–H groups in total. The molecule has 2 heterocycles. The van der Waals surface area contributed by atoms with Crippen molar-refractivity contribution in [1.29, 1.82) is 0 Å². The Balaban J connectivity index is 1.98. The van der Waals surface area contributed by atoms with Crippen molar-refractivity contribution in [2.75, 3.05) is 18.1 Å². The molecule has 0 aromatic rings. The molecule has 0 aliphatic carbocycles. The number of carbonyl (C=O) groups is 2. The molecule has 2 aliphatic heterocycles. The standard InChI is InChI=1S/C11H17NO6S/c13-8-4-9(11(15)16)12(5-8)10(14)3-7-1-2-19(17,18)6-7/h7-9,13H,1-6H2,(H,15,16)/t7?,8-,9-/m1/s1. The van der Waals surface area contributed by atoms with Gasteiger partial charge in [0.2, 0.25) is 5.91 Å². The zero-order valence-corrected chi connectivity index (χ0v) is 11.2. The molecule has 3 atom stereocenters. The fourth-order valence-corrected chi connectivity index (χ4v) is 4.58. The van der Waals surface area contributed by atoms with E-state index >= 15 is 0 Å². The fraction of sp³-hybridized carbons (Fsp3) is 0.818. The lowest BCUT2D eigenvalue weighted by Crippen LogP contribution is -2.41. The lowest BCUT2D eigenvalue weighted by atomic mass is 10.0. The van der Waals surface area contributed by atoms with Crippen molar-refractivity contribution in [3.63, 3.8) is 0 Å². The molecule has 2 fully saturated rings. The molecule has 8 heteroatoms. The number of sulfone groups is 1. The van der Waals surface area contributed by atoms with Crippen LogP contribution in [0.2, 0.25) is 0 Å². The Hall–Kier alpha value is -1.15. The van der Waals surface area contributed by atoms with Crippen molar-refractivity contribution in [3.8, 4) is 0 Å². The molecular formula is C11H17NO6S. The summed E-state index contributed by atoms with van der Waals surface area (Å²) < 4.78 is 22.6. The summed E-state index contributed by atoms with van der Waals surface area (Å²) in [5.41, 5.74) is 0. The van der Waals surface area contributed by atoms with Gasteiger partial charge in [0.05, 0.1) is 17.6 Å². The van der Waals surface area contributed by atoms with Gasteiger partial charge in [0.25, 0.3) is 0 Å². The Kier molecular flexibility index (Phi) is 3.82. The van der Waals surface area contributed by atoms with Gasteiger partial charge in [-0.3, -0.25) is 4.79 Å². The predicted molar refractivity (Wildman–Crippen MR) is 65.1 cm³/mol. The Morgan fingerprint density at radius 1 is 1.32 bits per heavy atom. The molecule has 0 radical (unpaired) electrons. The second-order valence-corrected chi connectivity index (χ2v) is 7.49. The van der Waals surface area contributed by atoms with Crippen LogP contribution in [0.5, 0.6) is 0 Å². The van der Waals surface area contributed by atoms with Crippen LogP contribution < -0.4 is 0 Å². The number of carboxylic acid groups (broad SMARTS) is 1. The van der Waals surface area contributed by atoms with E-state index in [1.54, 1.807) is 0 Å². The molecule has 2 saturated heterocycles. The van der Waals surface area contributed by atoms with Gasteiger partial charge in [-0.1, -0.05) is 0 Å². The van der Waals surface area contributed by atoms with E-state index in [0.29, 0.717) is 6.42 Å². The Bertz CT molecular complexity index is 487. The highest BCUT2D eigenvalue weighted by atomic mass is 32.2. The number of likely N-dealkylation sites (tertiary alicyclic amines) is 1. The fourth-order valence-electron chi connectivity index (χ4n) is 2.72. The molecule has 0 saturated carbocycles. The minimum atomic E-state index is -3.04. The Labute approximate surface area is 111 Å². The maximum atomic E-state index is 12.0. The molecule has 0 spiro atoms. The molecule has 1 unspecified atom stereocenters. The molecule has 2 aliphatic rings. The number of amides is 1. The smallest absolute Gasteiger partial charge is 0.326 e. The first-order chi connectivity index (χ1) is 8.78. The molecule has 0 aromatic heterocycles. The topological polar surface area (TPSA) is 112 Å². The number of nitrogens with zero attached hydrogens (tertiary/aromatic N) is 1. The van der Waals surface area contributed by atoms with Gasteiger partial charge in [-0.2, -0.15) is 0 Å².